The first-order chi connectivity index (χ1) is 18.4. The quantitative estimate of drug-likeness (QED) is 0.264. The number of furan rings is 1. The lowest BCUT2D eigenvalue weighted by Gasteiger charge is -2.35. The molecule has 2 aromatic rings. The first-order valence-electron chi connectivity index (χ1n) is 12.9. The van der Waals surface area contributed by atoms with Gasteiger partial charge < -0.3 is 28.6 Å². The number of rotatable bonds is 9. The lowest BCUT2D eigenvalue weighted by atomic mass is 9.98. The van der Waals surface area contributed by atoms with Crippen LogP contribution in [0.15, 0.2) is 27.8 Å². The van der Waals surface area contributed by atoms with Crippen molar-refractivity contribution in [1.82, 2.24) is 19.8 Å². The summed E-state index contributed by atoms with van der Waals surface area (Å²) in [5, 5.41) is 0.584. The number of hydrogen-bond donors (Lipinski definition) is 0. The van der Waals surface area contributed by atoms with Gasteiger partial charge in [0.05, 0.1) is 30.6 Å². The molecule has 0 radical (unpaired) electrons. The summed E-state index contributed by atoms with van der Waals surface area (Å²) in [6.07, 6.45) is 1.47. The van der Waals surface area contributed by atoms with Crippen LogP contribution in [0.1, 0.15) is 48.7 Å². The topological polar surface area (TPSA) is 118 Å². The molecule has 0 unspecified atom stereocenters. The summed E-state index contributed by atoms with van der Waals surface area (Å²) >= 11 is 1.42. The minimum Gasteiger partial charge on any atom is -0.466 e. The fourth-order valence-electron chi connectivity index (χ4n) is 4.63. The number of nitrogens with zero attached hydrogens (tertiary/aromatic N) is 5. The standard InChI is InChI=1S/C26H35N5O6S/c1-4-36-25(34)19-6-5-9-31(15-19)24(33)22-8-7-21(37-22)17-38-26-27-20(16-35-3)14-23(28-26)30-12-10-29(11-13-30)18(2)32/h7-8,14,19H,4-6,9-13,15-17H2,1-3H3/t19-/m0/s1. The molecule has 0 saturated carbocycles. The van der Waals surface area contributed by atoms with E-state index in [0.29, 0.717) is 69.2 Å². The van der Waals surface area contributed by atoms with Crippen molar-refractivity contribution in [2.75, 3.05) is 57.9 Å². The van der Waals surface area contributed by atoms with Gasteiger partial charge in [0.2, 0.25) is 5.91 Å². The molecule has 206 valence electrons. The number of aromatic nitrogens is 2. The third kappa shape index (κ3) is 7.04. The number of methoxy groups -OCH3 is 1. The van der Waals surface area contributed by atoms with Crippen molar-refractivity contribution in [3.05, 3.63) is 35.4 Å². The molecular formula is C26H35N5O6S. The third-order valence-electron chi connectivity index (χ3n) is 6.63. The average Bonchev–Trinajstić information content (AvgIpc) is 3.41. The smallest absolute Gasteiger partial charge is 0.310 e. The highest BCUT2D eigenvalue weighted by Gasteiger charge is 2.31. The maximum absolute atomic E-state index is 13.0. The molecule has 0 N–H and O–H groups in total. The molecule has 2 aliphatic rings. The van der Waals surface area contributed by atoms with E-state index in [9.17, 15) is 14.4 Å². The van der Waals surface area contributed by atoms with Gasteiger partial charge in [0.25, 0.3) is 5.91 Å². The summed E-state index contributed by atoms with van der Waals surface area (Å²) < 4.78 is 16.3. The fourth-order valence-corrected chi connectivity index (χ4v) is 5.40. The number of anilines is 1. The molecule has 0 bridgehead atoms. The highest BCUT2D eigenvalue weighted by atomic mass is 32.2. The molecule has 2 saturated heterocycles. The maximum atomic E-state index is 13.0. The van der Waals surface area contributed by atoms with Crippen molar-refractivity contribution in [3.8, 4) is 0 Å². The monoisotopic (exact) mass is 545 g/mol. The van der Waals surface area contributed by atoms with Crippen molar-refractivity contribution < 1.29 is 28.3 Å². The van der Waals surface area contributed by atoms with Crippen molar-refractivity contribution in [2.45, 2.75) is 44.2 Å². The molecule has 12 heteroatoms. The first-order valence-corrected chi connectivity index (χ1v) is 13.9. The second-order valence-electron chi connectivity index (χ2n) is 9.32. The van der Waals surface area contributed by atoms with E-state index in [2.05, 4.69) is 9.88 Å². The Morgan fingerprint density at radius 1 is 1.11 bits per heavy atom. The normalized spacial score (nSPS) is 18.0. The number of thioether (sulfide) groups is 1. The molecule has 2 aromatic heterocycles. The van der Waals surface area contributed by atoms with Gasteiger partial charge in [-0.05, 0) is 31.9 Å². The van der Waals surface area contributed by atoms with Gasteiger partial charge in [0.15, 0.2) is 10.9 Å². The molecule has 4 rings (SSSR count). The zero-order valence-corrected chi connectivity index (χ0v) is 23.0. The van der Waals surface area contributed by atoms with Crippen molar-refractivity contribution in [2.24, 2.45) is 5.92 Å². The summed E-state index contributed by atoms with van der Waals surface area (Å²) in [5.41, 5.74) is 0.769. The number of likely N-dealkylation sites (tertiary alicyclic amines) is 1. The van der Waals surface area contributed by atoms with E-state index in [1.165, 1.54) is 11.8 Å². The Bertz CT molecular complexity index is 1130. The predicted octanol–water partition coefficient (Wildman–Crippen LogP) is 2.59. The van der Waals surface area contributed by atoms with Crippen LogP contribution in [0.5, 0.6) is 0 Å². The Hall–Kier alpha value is -3.12. The second-order valence-corrected chi connectivity index (χ2v) is 10.3. The zero-order chi connectivity index (χ0) is 27.1. The highest BCUT2D eigenvalue weighted by Crippen LogP contribution is 2.26. The number of carbonyl (C=O) groups excluding carboxylic acids is 3. The minimum absolute atomic E-state index is 0.0825. The van der Waals surface area contributed by atoms with Gasteiger partial charge in [-0.1, -0.05) is 11.8 Å². The number of piperidine rings is 1. The zero-order valence-electron chi connectivity index (χ0n) is 22.2. The van der Waals surface area contributed by atoms with Crippen LogP contribution in [0.2, 0.25) is 0 Å². The van der Waals surface area contributed by atoms with Crippen molar-refractivity contribution >= 4 is 35.4 Å². The Morgan fingerprint density at radius 3 is 2.61 bits per heavy atom. The Labute approximate surface area is 226 Å². The van der Waals surface area contributed by atoms with Crippen molar-refractivity contribution in [3.63, 3.8) is 0 Å². The lowest BCUT2D eigenvalue weighted by Crippen LogP contribution is -2.48. The van der Waals surface area contributed by atoms with Crippen LogP contribution in [0.25, 0.3) is 0 Å². The Morgan fingerprint density at radius 2 is 1.89 bits per heavy atom. The van der Waals surface area contributed by atoms with E-state index in [1.807, 2.05) is 11.0 Å². The molecule has 2 fully saturated rings. The summed E-state index contributed by atoms with van der Waals surface area (Å²) in [7, 11) is 1.62. The molecule has 38 heavy (non-hydrogen) atoms. The van der Waals surface area contributed by atoms with E-state index >= 15 is 0 Å². The van der Waals surface area contributed by atoms with Gasteiger partial charge in [-0.25, -0.2) is 9.97 Å². The van der Waals surface area contributed by atoms with Gasteiger partial charge in [0, 0.05) is 59.4 Å². The van der Waals surface area contributed by atoms with Crippen LogP contribution in [0.4, 0.5) is 5.82 Å². The summed E-state index contributed by atoms with van der Waals surface area (Å²) in [4.78, 5) is 51.8. The van der Waals surface area contributed by atoms with Gasteiger partial charge in [0.1, 0.15) is 11.6 Å². The molecule has 4 heterocycles. The van der Waals surface area contributed by atoms with Crippen LogP contribution in [-0.2, 0) is 31.4 Å². The van der Waals surface area contributed by atoms with Gasteiger partial charge in [-0.2, -0.15) is 0 Å². The molecule has 11 nitrogen and oxygen atoms in total. The third-order valence-corrected chi connectivity index (χ3v) is 7.50. The molecule has 0 aromatic carbocycles. The van der Waals surface area contributed by atoms with E-state index in [1.54, 1.807) is 38.0 Å². The average molecular weight is 546 g/mol. The largest absolute Gasteiger partial charge is 0.466 e. The van der Waals surface area contributed by atoms with Crippen LogP contribution >= 0.6 is 11.8 Å². The van der Waals surface area contributed by atoms with Crippen LogP contribution < -0.4 is 4.90 Å². The van der Waals surface area contributed by atoms with Gasteiger partial charge >= 0.3 is 5.97 Å². The number of hydrogen-bond acceptors (Lipinski definition) is 10. The van der Waals surface area contributed by atoms with Crippen LogP contribution in [-0.4, -0.2) is 90.5 Å². The molecular weight excluding hydrogens is 510 g/mol. The Balaban J connectivity index is 1.38. The fraction of sp³-hybridized carbons (Fsp3) is 0.577. The number of piperazine rings is 1. The van der Waals surface area contributed by atoms with Gasteiger partial charge in [-0.3, -0.25) is 14.4 Å². The minimum atomic E-state index is -0.297. The van der Waals surface area contributed by atoms with E-state index in [-0.39, 0.29) is 29.5 Å². The maximum Gasteiger partial charge on any atom is 0.310 e. The summed E-state index contributed by atoms with van der Waals surface area (Å²) in [5.74, 6) is 1.45. The highest BCUT2D eigenvalue weighted by molar-refractivity contribution is 7.98. The molecule has 0 spiro atoms. The van der Waals surface area contributed by atoms with Crippen molar-refractivity contribution in [1.29, 1.82) is 0 Å². The summed E-state index contributed by atoms with van der Waals surface area (Å²) in [6, 6.07) is 5.38. The molecule has 2 amide bonds. The molecule has 2 aliphatic heterocycles. The predicted molar refractivity (Wildman–Crippen MR) is 141 cm³/mol. The van der Waals surface area contributed by atoms with E-state index in [4.69, 9.17) is 18.9 Å². The van der Waals surface area contributed by atoms with E-state index in [0.717, 1.165) is 24.4 Å². The molecule has 0 aliphatic carbocycles. The first kappa shape index (κ1) is 27.9. The SMILES string of the molecule is CCOC(=O)[C@H]1CCCN(C(=O)c2ccc(CSc3nc(COC)cc(N4CCN(C(C)=O)CC4)n3)o2)C1. The van der Waals surface area contributed by atoms with E-state index < -0.39 is 0 Å². The lowest BCUT2D eigenvalue weighted by molar-refractivity contribution is -0.149. The number of carbonyl (C=O) groups is 3. The molecule has 1 atom stereocenters. The number of amides is 2. The van der Waals surface area contributed by atoms with Crippen LogP contribution in [0.3, 0.4) is 0 Å². The van der Waals surface area contributed by atoms with Gasteiger partial charge in [-0.15, -0.1) is 0 Å². The summed E-state index contributed by atoms with van der Waals surface area (Å²) in [6.45, 7) is 7.69. The van der Waals surface area contributed by atoms with Crippen LogP contribution in [0, 0.1) is 5.92 Å². The number of esters is 1. The second kappa shape index (κ2) is 13.1. The Kier molecular flexibility index (Phi) is 9.62. The number of ether oxygens (including phenoxy) is 2.